The average molecular weight is 413 g/mol. The van der Waals surface area contributed by atoms with E-state index in [0.29, 0.717) is 9.13 Å². The Bertz CT molecular complexity index is 459. The van der Waals surface area contributed by atoms with Crippen molar-refractivity contribution in [3.05, 3.63) is 32.9 Å². The van der Waals surface area contributed by atoms with Crippen LogP contribution in [0.15, 0.2) is 18.2 Å². The average Bonchev–Trinajstić information content (AvgIpc) is 2.26. The van der Waals surface area contributed by atoms with Gasteiger partial charge in [-0.2, -0.15) is 0 Å². The van der Waals surface area contributed by atoms with Gasteiger partial charge in [0.25, 0.3) is 0 Å². The highest BCUT2D eigenvalue weighted by molar-refractivity contribution is 14.1. The minimum absolute atomic E-state index is 0.0840. The van der Waals surface area contributed by atoms with Crippen LogP contribution < -0.4 is 0 Å². The minimum Gasteiger partial charge on any atom is -0.479 e. The van der Waals surface area contributed by atoms with Crippen LogP contribution in [0.4, 0.5) is 0 Å². The third-order valence-electron chi connectivity index (χ3n) is 2.17. The van der Waals surface area contributed by atoms with Crippen LogP contribution in [0.1, 0.15) is 28.9 Å². The summed E-state index contributed by atoms with van der Waals surface area (Å²) in [5, 5.41) is 18.1. The molecule has 2 N–H and O–H groups in total. The lowest BCUT2D eigenvalue weighted by Gasteiger charge is -2.10. The van der Waals surface area contributed by atoms with Crippen LogP contribution in [0.5, 0.6) is 0 Å². The van der Waals surface area contributed by atoms with Crippen molar-refractivity contribution in [1.29, 1.82) is 0 Å². The summed E-state index contributed by atoms with van der Waals surface area (Å²) in [7, 11) is 0. The Hall–Kier alpha value is -0.470. The van der Waals surface area contributed by atoms with Crippen LogP contribution in [-0.2, 0) is 4.79 Å². The number of hydrogen-bond donors (Lipinski definition) is 2. The number of hydrogen-bond acceptors (Lipinski definition) is 3. The molecule has 6 heteroatoms. The van der Waals surface area contributed by atoms with Gasteiger partial charge in [0.05, 0.1) is 4.83 Å². The molecule has 4 nitrogen and oxygen atoms in total. The molecule has 0 saturated heterocycles. The zero-order valence-corrected chi connectivity index (χ0v) is 12.6. The predicted octanol–water partition coefficient (Wildman–Crippen LogP) is 2.38. The Balaban J connectivity index is 3.10. The van der Waals surface area contributed by atoms with Crippen molar-refractivity contribution < 1.29 is 19.8 Å². The highest BCUT2D eigenvalue weighted by Gasteiger charge is 2.20. The van der Waals surface area contributed by atoms with Crippen molar-refractivity contribution in [2.45, 2.75) is 17.9 Å². The molecule has 0 aliphatic rings. The van der Waals surface area contributed by atoms with Gasteiger partial charge in [-0.25, -0.2) is 4.79 Å². The summed E-state index contributed by atoms with van der Waals surface area (Å²) >= 11 is 5.08. The summed E-state index contributed by atoms with van der Waals surface area (Å²) in [6.07, 6.45) is -1.56. The molecule has 1 aromatic rings. The number of aliphatic carboxylic acids is 1. The lowest BCUT2D eigenvalue weighted by molar-refractivity contribution is -0.147. The normalized spacial score (nSPS) is 14.1. The first-order valence-electron chi connectivity index (χ1n) is 4.73. The maximum atomic E-state index is 11.7. The lowest BCUT2D eigenvalue weighted by Crippen LogP contribution is -2.14. The first kappa shape index (κ1) is 14.6. The molecule has 0 aliphatic carbocycles. The van der Waals surface area contributed by atoms with Gasteiger partial charge in [-0.1, -0.05) is 28.1 Å². The molecular formula is C11H10BrIO4. The molecule has 0 saturated carbocycles. The van der Waals surface area contributed by atoms with Crippen LogP contribution in [0, 0.1) is 3.57 Å². The molecule has 0 fully saturated rings. The molecule has 0 aliphatic heterocycles. The number of benzene rings is 1. The monoisotopic (exact) mass is 412 g/mol. The minimum atomic E-state index is -1.56. The molecule has 0 radical (unpaired) electrons. The second kappa shape index (κ2) is 5.92. The maximum Gasteiger partial charge on any atom is 0.337 e. The number of carboxylic acids is 1. The quantitative estimate of drug-likeness (QED) is 0.452. The van der Waals surface area contributed by atoms with Gasteiger partial charge in [-0.05, 0) is 35.6 Å². The van der Waals surface area contributed by atoms with Crippen molar-refractivity contribution in [3.63, 3.8) is 0 Å². The number of aliphatic hydroxyl groups excluding tert-OH is 1. The van der Waals surface area contributed by atoms with Gasteiger partial charge in [-0.15, -0.1) is 0 Å². The predicted molar refractivity (Wildman–Crippen MR) is 74.5 cm³/mol. The molecule has 17 heavy (non-hydrogen) atoms. The third kappa shape index (κ3) is 3.49. The second-order valence-corrected chi connectivity index (χ2v) is 5.99. The smallest absolute Gasteiger partial charge is 0.337 e. The third-order valence-corrected chi connectivity index (χ3v) is 3.52. The SMILES string of the molecule is CC(Br)C(=O)c1ccc(C(O)C(=O)O)c(I)c1. The molecule has 2 atom stereocenters. The van der Waals surface area contributed by atoms with Crippen molar-refractivity contribution >= 4 is 50.3 Å². The number of carboxylic acid groups (broad SMARTS) is 1. The summed E-state index contributed by atoms with van der Waals surface area (Å²) in [6.45, 7) is 1.72. The number of rotatable bonds is 4. The fourth-order valence-corrected chi connectivity index (χ4v) is 2.34. The second-order valence-electron chi connectivity index (χ2n) is 3.46. The fraction of sp³-hybridized carbons (Fsp3) is 0.273. The molecule has 0 heterocycles. The van der Waals surface area contributed by atoms with Gasteiger partial charge in [0.2, 0.25) is 0 Å². The summed E-state index contributed by atoms with van der Waals surface area (Å²) in [4.78, 5) is 22.0. The Kier molecular flexibility index (Phi) is 5.08. The number of carbonyl (C=O) groups is 2. The molecular weight excluding hydrogens is 403 g/mol. The molecule has 2 unspecified atom stereocenters. The molecule has 0 aromatic heterocycles. The number of halogens is 2. The van der Waals surface area contributed by atoms with Crippen molar-refractivity contribution in [2.75, 3.05) is 0 Å². The molecule has 0 spiro atoms. The number of Topliss-reactive ketones (excluding diaryl/α,β-unsaturated/α-hetero) is 1. The zero-order valence-electron chi connectivity index (χ0n) is 8.85. The van der Waals surface area contributed by atoms with E-state index >= 15 is 0 Å². The van der Waals surface area contributed by atoms with E-state index in [2.05, 4.69) is 15.9 Å². The summed E-state index contributed by atoms with van der Waals surface area (Å²) in [5.74, 6) is -1.39. The van der Waals surface area contributed by atoms with E-state index in [1.54, 1.807) is 13.0 Å². The number of aliphatic hydroxyl groups is 1. The lowest BCUT2D eigenvalue weighted by atomic mass is 10.0. The van der Waals surface area contributed by atoms with Crippen LogP contribution in [0.3, 0.4) is 0 Å². The van der Waals surface area contributed by atoms with Gasteiger partial charge in [0.15, 0.2) is 11.9 Å². The number of alkyl halides is 1. The highest BCUT2D eigenvalue weighted by atomic mass is 127. The Morgan fingerprint density at radius 1 is 1.41 bits per heavy atom. The molecule has 0 bridgehead atoms. The largest absolute Gasteiger partial charge is 0.479 e. The van der Waals surface area contributed by atoms with E-state index < -0.39 is 12.1 Å². The first-order valence-corrected chi connectivity index (χ1v) is 6.72. The van der Waals surface area contributed by atoms with Gasteiger partial charge >= 0.3 is 5.97 Å². The van der Waals surface area contributed by atoms with E-state index in [9.17, 15) is 14.7 Å². The molecule has 0 amide bonds. The van der Waals surface area contributed by atoms with Crippen LogP contribution in [0.25, 0.3) is 0 Å². The van der Waals surface area contributed by atoms with Crippen LogP contribution in [0.2, 0.25) is 0 Å². The summed E-state index contributed by atoms with van der Waals surface area (Å²) < 4.78 is 0.552. The van der Waals surface area contributed by atoms with Gasteiger partial charge in [0.1, 0.15) is 0 Å². The first-order chi connectivity index (χ1) is 7.84. The number of carbonyl (C=O) groups excluding carboxylic acids is 1. The van der Waals surface area contributed by atoms with E-state index in [1.165, 1.54) is 12.1 Å². The Morgan fingerprint density at radius 3 is 2.41 bits per heavy atom. The standard InChI is InChI=1S/C11H10BrIO4/c1-5(12)9(14)6-2-3-7(8(13)4-6)10(15)11(16)17/h2-5,10,15H,1H3,(H,16,17). The van der Waals surface area contributed by atoms with Crippen molar-refractivity contribution in [2.24, 2.45) is 0 Å². The highest BCUT2D eigenvalue weighted by Crippen LogP contribution is 2.23. The molecule has 92 valence electrons. The van der Waals surface area contributed by atoms with E-state index in [-0.39, 0.29) is 16.2 Å². The van der Waals surface area contributed by atoms with Crippen molar-refractivity contribution in [1.82, 2.24) is 0 Å². The Labute approximate surface area is 120 Å². The van der Waals surface area contributed by atoms with Crippen LogP contribution in [-0.4, -0.2) is 26.8 Å². The van der Waals surface area contributed by atoms with Gasteiger partial charge in [-0.3, -0.25) is 4.79 Å². The van der Waals surface area contributed by atoms with Gasteiger partial charge in [0, 0.05) is 14.7 Å². The van der Waals surface area contributed by atoms with E-state index in [4.69, 9.17) is 5.11 Å². The molecule has 1 rings (SSSR count). The molecule has 1 aromatic carbocycles. The van der Waals surface area contributed by atoms with E-state index in [1.807, 2.05) is 22.6 Å². The van der Waals surface area contributed by atoms with E-state index in [0.717, 1.165) is 0 Å². The number of ketones is 1. The summed E-state index contributed by atoms with van der Waals surface area (Å²) in [5.41, 5.74) is 0.775. The van der Waals surface area contributed by atoms with Crippen molar-refractivity contribution in [3.8, 4) is 0 Å². The maximum absolute atomic E-state index is 11.7. The topological polar surface area (TPSA) is 74.6 Å². The Morgan fingerprint density at radius 2 is 2.00 bits per heavy atom. The van der Waals surface area contributed by atoms with Gasteiger partial charge < -0.3 is 10.2 Å². The van der Waals surface area contributed by atoms with Crippen LogP contribution >= 0.6 is 38.5 Å². The fourth-order valence-electron chi connectivity index (χ4n) is 1.26. The zero-order chi connectivity index (χ0) is 13.2. The summed E-state index contributed by atoms with van der Waals surface area (Å²) in [6, 6.07) is 4.55.